The van der Waals surface area contributed by atoms with Crippen molar-refractivity contribution >= 4 is 26.8 Å². The summed E-state index contributed by atoms with van der Waals surface area (Å²) in [6, 6.07) is 0. The molecule has 0 N–H and O–H groups in total. The monoisotopic (exact) mass is 516 g/mol. The summed E-state index contributed by atoms with van der Waals surface area (Å²) in [6.45, 7) is 2.89. The topological polar surface area (TPSA) is 26.3 Å². The van der Waals surface area contributed by atoms with Crippen LogP contribution in [0.2, 0.25) is 0 Å². The molecule has 182 valence electrons. The minimum atomic E-state index is -2.41. The SMILES string of the molecule is CCCCCCCOC(=O)CP(Br)(C1CCCCC1)(C1CCCCC1)C1CCCCC1. The van der Waals surface area contributed by atoms with E-state index in [1.54, 1.807) is 0 Å². The van der Waals surface area contributed by atoms with E-state index in [1.165, 1.54) is 122 Å². The number of esters is 1. The molecule has 3 rings (SSSR count). The predicted molar refractivity (Wildman–Crippen MR) is 141 cm³/mol. The van der Waals surface area contributed by atoms with E-state index in [1.807, 2.05) is 0 Å². The second kappa shape index (κ2) is 12.7. The third-order valence-electron chi connectivity index (χ3n) is 9.15. The van der Waals surface area contributed by atoms with Crippen LogP contribution in [-0.4, -0.2) is 35.7 Å². The van der Waals surface area contributed by atoms with Crippen molar-refractivity contribution in [2.75, 3.05) is 12.8 Å². The third-order valence-corrected chi connectivity index (χ3v) is 22.5. The quantitative estimate of drug-likeness (QED) is 0.155. The van der Waals surface area contributed by atoms with Crippen LogP contribution in [0.5, 0.6) is 0 Å². The van der Waals surface area contributed by atoms with Crippen LogP contribution in [-0.2, 0) is 9.53 Å². The van der Waals surface area contributed by atoms with Crippen LogP contribution in [0.15, 0.2) is 0 Å². The standard InChI is InChI=1S/C27H50BrO2P/c1-2-3-4-5-15-22-30-27(29)23-31(28,24-16-9-6-10-17-24,25-18-11-7-12-19-25)26-20-13-8-14-21-26/h24-26H,2-23H2,1H3. The molecule has 0 radical (unpaired) electrons. The fourth-order valence-corrected chi connectivity index (χ4v) is 19.5. The maximum absolute atomic E-state index is 13.5. The molecule has 0 bridgehead atoms. The first-order valence-electron chi connectivity index (χ1n) is 14.0. The summed E-state index contributed by atoms with van der Waals surface area (Å²) >= 11 is 4.75. The molecule has 0 atom stereocenters. The summed E-state index contributed by atoms with van der Waals surface area (Å²) in [5, 5.41) is -2.41. The normalized spacial score (nSPS) is 23.9. The molecule has 0 amide bonds. The Kier molecular flexibility index (Phi) is 10.7. The van der Waals surface area contributed by atoms with Gasteiger partial charge in [0.15, 0.2) is 0 Å². The zero-order valence-corrected chi connectivity index (χ0v) is 22.9. The van der Waals surface area contributed by atoms with Gasteiger partial charge >= 0.3 is 201 Å². The fourth-order valence-electron chi connectivity index (χ4n) is 7.47. The molecular weight excluding hydrogens is 467 g/mol. The molecule has 0 aromatic carbocycles. The predicted octanol–water partition coefficient (Wildman–Crippen LogP) is 9.36. The van der Waals surface area contributed by atoms with E-state index in [2.05, 4.69) is 6.92 Å². The Balaban J connectivity index is 1.80. The van der Waals surface area contributed by atoms with E-state index in [0.29, 0.717) is 6.61 Å². The molecule has 3 aliphatic carbocycles. The first-order chi connectivity index (χ1) is 15.1. The van der Waals surface area contributed by atoms with E-state index in [0.717, 1.165) is 29.6 Å². The summed E-state index contributed by atoms with van der Waals surface area (Å²) in [6.07, 6.45) is 27.4. The Morgan fingerprint density at radius 2 is 1.13 bits per heavy atom. The second-order valence-corrected chi connectivity index (χ2v) is 21.6. The summed E-state index contributed by atoms with van der Waals surface area (Å²) in [5.41, 5.74) is 2.30. The van der Waals surface area contributed by atoms with Crippen molar-refractivity contribution in [3.63, 3.8) is 0 Å². The fraction of sp³-hybridized carbons (Fsp3) is 0.963. The van der Waals surface area contributed by atoms with Gasteiger partial charge in [-0.25, -0.2) is 0 Å². The van der Waals surface area contributed by atoms with E-state index in [4.69, 9.17) is 20.2 Å². The number of carbonyl (C=O) groups excluding carboxylic acids is 1. The van der Waals surface area contributed by atoms with Crippen LogP contribution in [0.1, 0.15) is 135 Å². The number of hydrogen-bond donors (Lipinski definition) is 0. The zero-order chi connectivity index (χ0) is 22.0. The molecule has 0 heterocycles. The van der Waals surface area contributed by atoms with Gasteiger partial charge in [0.2, 0.25) is 0 Å². The van der Waals surface area contributed by atoms with Gasteiger partial charge in [-0.2, -0.15) is 0 Å². The van der Waals surface area contributed by atoms with E-state index < -0.39 is 5.31 Å². The van der Waals surface area contributed by atoms with Gasteiger partial charge in [0.05, 0.1) is 0 Å². The van der Waals surface area contributed by atoms with E-state index in [9.17, 15) is 4.79 Å². The summed E-state index contributed by atoms with van der Waals surface area (Å²) in [4.78, 5) is 13.5. The molecule has 31 heavy (non-hydrogen) atoms. The van der Waals surface area contributed by atoms with Crippen molar-refractivity contribution in [2.45, 2.75) is 152 Å². The van der Waals surface area contributed by atoms with Gasteiger partial charge in [0, 0.05) is 0 Å². The molecule has 3 aliphatic rings. The van der Waals surface area contributed by atoms with Crippen LogP contribution >= 0.6 is 20.8 Å². The number of unbranched alkanes of at least 4 members (excludes halogenated alkanes) is 4. The van der Waals surface area contributed by atoms with Gasteiger partial charge in [0.25, 0.3) is 0 Å². The Bertz CT molecular complexity index is 485. The minimum absolute atomic E-state index is 0.145. The molecule has 3 saturated carbocycles. The van der Waals surface area contributed by atoms with E-state index >= 15 is 0 Å². The van der Waals surface area contributed by atoms with Gasteiger partial charge in [-0.05, 0) is 0 Å². The van der Waals surface area contributed by atoms with Crippen LogP contribution in [0.4, 0.5) is 0 Å². The first kappa shape index (κ1) is 26.0. The molecule has 4 heteroatoms. The van der Waals surface area contributed by atoms with Gasteiger partial charge in [-0.1, -0.05) is 0 Å². The number of hydrogen-bond acceptors (Lipinski definition) is 2. The van der Waals surface area contributed by atoms with Crippen LogP contribution in [0.25, 0.3) is 0 Å². The molecule has 0 saturated heterocycles. The maximum atomic E-state index is 13.5. The molecule has 0 aliphatic heterocycles. The summed E-state index contributed by atoms with van der Waals surface area (Å²) in [5.74, 6) is 0.145. The summed E-state index contributed by atoms with van der Waals surface area (Å²) in [7, 11) is 0. The Morgan fingerprint density at radius 1 is 0.710 bits per heavy atom. The number of carbonyl (C=O) groups is 1. The van der Waals surface area contributed by atoms with Crippen molar-refractivity contribution in [2.24, 2.45) is 0 Å². The number of rotatable bonds is 11. The van der Waals surface area contributed by atoms with Crippen LogP contribution < -0.4 is 0 Å². The average Bonchev–Trinajstić information content (AvgIpc) is 2.83. The van der Waals surface area contributed by atoms with Gasteiger partial charge < -0.3 is 0 Å². The van der Waals surface area contributed by atoms with Crippen LogP contribution in [0, 0.1) is 0 Å². The molecular formula is C27H50BrO2P. The molecule has 0 aromatic rings. The average molecular weight is 518 g/mol. The number of halogens is 1. The van der Waals surface area contributed by atoms with Gasteiger partial charge in [-0.15, -0.1) is 0 Å². The Labute approximate surface area is 201 Å². The Morgan fingerprint density at radius 3 is 1.55 bits per heavy atom. The first-order valence-corrected chi connectivity index (χ1v) is 18.6. The zero-order valence-electron chi connectivity index (χ0n) is 20.4. The second-order valence-electron chi connectivity index (χ2n) is 11.1. The third kappa shape index (κ3) is 6.29. The van der Waals surface area contributed by atoms with E-state index in [-0.39, 0.29) is 5.97 Å². The van der Waals surface area contributed by atoms with Crippen molar-refractivity contribution in [1.82, 2.24) is 0 Å². The van der Waals surface area contributed by atoms with Gasteiger partial charge in [0.1, 0.15) is 0 Å². The van der Waals surface area contributed by atoms with Crippen LogP contribution in [0.3, 0.4) is 0 Å². The van der Waals surface area contributed by atoms with Crippen molar-refractivity contribution in [3.8, 4) is 0 Å². The van der Waals surface area contributed by atoms with Gasteiger partial charge in [-0.3, -0.25) is 0 Å². The van der Waals surface area contributed by atoms with Crippen molar-refractivity contribution in [1.29, 1.82) is 0 Å². The molecule has 0 unspecified atom stereocenters. The molecule has 0 aromatic heterocycles. The molecule has 3 fully saturated rings. The van der Waals surface area contributed by atoms with Crippen molar-refractivity contribution in [3.05, 3.63) is 0 Å². The van der Waals surface area contributed by atoms with Crippen molar-refractivity contribution < 1.29 is 9.53 Å². The molecule has 0 spiro atoms. The summed E-state index contributed by atoms with van der Waals surface area (Å²) < 4.78 is 5.98. The number of ether oxygens (including phenoxy) is 1. The Hall–Kier alpha value is 0.380. The molecule has 2 nitrogen and oxygen atoms in total.